The van der Waals surface area contributed by atoms with Gasteiger partial charge in [0, 0.05) is 44.7 Å². The first-order valence-electron chi connectivity index (χ1n) is 9.61. The third kappa shape index (κ3) is 6.11. The largest absolute Gasteiger partial charge is 0.493 e. The number of hydrogen-bond acceptors (Lipinski definition) is 4. The fraction of sp³-hybridized carbons (Fsp3) is 0.600. The molecule has 1 unspecified atom stereocenters. The Bertz CT molecular complexity index is 606. The molecule has 0 radical (unpaired) electrons. The Morgan fingerprint density at radius 2 is 1.81 bits per heavy atom. The smallest absolute Gasteiger partial charge is 0.225 e. The van der Waals surface area contributed by atoms with Crippen molar-refractivity contribution >= 4 is 24.2 Å². The number of likely N-dealkylation sites (tertiary alicyclic amines) is 1. The van der Waals surface area contributed by atoms with Crippen molar-refractivity contribution in [1.82, 2.24) is 15.1 Å². The number of halogens is 1. The van der Waals surface area contributed by atoms with Crippen molar-refractivity contribution in [2.24, 2.45) is 5.92 Å². The number of carbonyl (C=O) groups is 2. The number of benzene rings is 1. The quantitative estimate of drug-likeness (QED) is 0.827. The number of rotatable bonds is 5. The number of nitrogens with zero attached hydrogens (tertiary/aromatic N) is 2. The van der Waals surface area contributed by atoms with Crippen LogP contribution in [-0.2, 0) is 9.59 Å². The summed E-state index contributed by atoms with van der Waals surface area (Å²) in [5.74, 6) is 1.22. The van der Waals surface area contributed by atoms with Crippen molar-refractivity contribution in [2.75, 3.05) is 39.3 Å². The van der Waals surface area contributed by atoms with Crippen molar-refractivity contribution in [3.05, 3.63) is 30.3 Å². The molecule has 0 bridgehead atoms. The summed E-state index contributed by atoms with van der Waals surface area (Å²) >= 11 is 0. The van der Waals surface area contributed by atoms with Crippen LogP contribution in [0.1, 0.15) is 26.2 Å². The maximum Gasteiger partial charge on any atom is 0.225 e. The highest BCUT2D eigenvalue weighted by molar-refractivity contribution is 5.85. The fourth-order valence-corrected chi connectivity index (χ4v) is 3.70. The molecule has 2 saturated heterocycles. The lowest BCUT2D eigenvalue weighted by Gasteiger charge is -2.37. The van der Waals surface area contributed by atoms with Crippen LogP contribution in [0, 0.1) is 5.92 Å². The van der Waals surface area contributed by atoms with E-state index in [9.17, 15) is 9.59 Å². The zero-order chi connectivity index (χ0) is 18.4. The SMILES string of the molecule is CC1CN(C(=O)C2CCN(C(=O)CCOc3ccccc3)CC2)CCN1.Cl. The topological polar surface area (TPSA) is 61.9 Å². The first-order valence-corrected chi connectivity index (χ1v) is 9.61. The van der Waals surface area contributed by atoms with Gasteiger partial charge in [0.25, 0.3) is 0 Å². The second kappa shape index (κ2) is 10.5. The van der Waals surface area contributed by atoms with Crippen LogP contribution >= 0.6 is 12.4 Å². The van der Waals surface area contributed by atoms with Crippen LogP contribution in [0.4, 0.5) is 0 Å². The van der Waals surface area contributed by atoms with Gasteiger partial charge in [0.2, 0.25) is 11.8 Å². The van der Waals surface area contributed by atoms with Crippen LogP contribution in [0.3, 0.4) is 0 Å². The van der Waals surface area contributed by atoms with Crippen LogP contribution in [0.5, 0.6) is 5.75 Å². The molecule has 7 heteroatoms. The summed E-state index contributed by atoms with van der Waals surface area (Å²) in [7, 11) is 0. The van der Waals surface area contributed by atoms with Crippen molar-refractivity contribution in [3.8, 4) is 5.75 Å². The Morgan fingerprint density at radius 1 is 1.11 bits per heavy atom. The molecule has 0 aromatic heterocycles. The third-order valence-corrected chi connectivity index (χ3v) is 5.21. The molecule has 1 N–H and O–H groups in total. The number of piperazine rings is 1. The predicted octanol–water partition coefficient (Wildman–Crippen LogP) is 1.94. The zero-order valence-electron chi connectivity index (χ0n) is 15.9. The highest BCUT2D eigenvalue weighted by Gasteiger charge is 2.31. The summed E-state index contributed by atoms with van der Waals surface area (Å²) in [6, 6.07) is 9.90. The van der Waals surface area contributed by atoms with Crippen LogP contribution in [0.25, 0.3) is 0 Å². The zero-order valence-corrected chi connectivity index (χ0v) is 16.7. The molecule has 27 heavy (non-hydrogen) atoms. The molecule has 1 aromatic carbocycles. The van der Waals surface area contributed by atoms with E-state index >= 15 is 0 Å². The van der Waals surface area contributed by atoms with Crippen LogP contribution < -0.4 is 10.1 Å². The maximum atomic E-state index is 12.7. The molecule has 0 aliphatic carbocycles. The van der Waals surface area contributed by atoms with E-state index in [-0.39, 0.29) is 30.1 Å². The lowest BCUT2D eigenvalue weighted by molar-refractivity contribution is -0.141. The first kappa shape index (κ1) is 21.5. The minimum Gasteiger partial charge on any atom is -0.493 e. The summed E-state index contributed by atoms with van der Waals surface area (Å²) in [5, 5.41) is 3.36. The molecule has 2 heterocycles. The summed E-state index contributed by atoms with van der Waals surface area (Å²) in [6.07, 6.45) is 1.91. The van der Waals surface area contributed by atoms with E-state index in [4.69, 9.17) is 4.74 Å². The summed E-state index contributed by atoms with van der Waals surface area (Å²) < 4.78 is 5.60. The first-order chi connectivity index (χ1) is 12.6. The Kier molecular flexibility index (Phi) is 8.38. The van der Waals surface area contributed by atoms with Gasteiger partial charge in [-0.3, -0.25) is 9.59 Å². The number of hydrogen-bond donors (Lipinski definition) is 1. The van der Waals surface area contributed by atoms with E-state index in [2.05, 4.69) is 12.2 Å². The molecule has 2 aliphatic rings. The number of ether oxygens (including phenoxy) is 1. The Morgan fingerprint density at radius 3 is 2.48 bits per heavy atom. The number of carbonyl (C=O) groups excluding carboxylic acids is 2. The van der Waals surface area contributed by atoms with Gasteiger partial charge in [-0.05, 0) is 31.9 Å². The van der Waals surface area contributed by atoms with Crippen LogP contribution in [-0.4, -0.2) is 67.0 Å². The second-order valence-corrected chi connectivity index (χ2v) is 7.21. The van der Waals surface area contributed by atoms with Gasteiger partial charge in [-0.15, -0.1) is 12.4 Å². The van der Waals surface area contributed by atoms with E-state index in [1.807, 2.05) is 40.1 Å². The molecule has 150 valence electrons. The highest BCUT2D eigenvalue weighted by Crippen LogP contribution is 2.21. The molecular formula is C20H30ClN3O3. The van der Waals surface area contributed by atoms with Gasteiger partial charge >= 0.3 is 0 Å². The van der Waals surface area contributed by atoms with Gasteiger partial charge in [0.1, 0.15) is 5.75 Å². The molecule has 3 rings (SSSR count). The maximum absolute atomic E-state index is 12.7. The van der Waals surface area contributed by atoms with Crippen molar-refractivity contribution in [1.29, 1.82) is 0 Å². The summed E-state index contributed by atoms with van der Waals surface area (Å²) in [4.78, 5) is 28.9. The minimum absolute atomic E-state index is 0. The molecule has 0 saturated carbocycles. The Balaban J connectivity index is 0.00000261. The van der Waals surface area contributed by atoms with Crippen LogP contribution in [0.2, 0.25) is 0 Å². The van der Waals surface area contributed by atoms with Gasteiger partial charge in [0.15, 0.2) is 0 Å². The van der Waals surface area contributed by atoms with Gasteiger partial charge in [-0.25, -0.2) is 0 Å². The molecule has 2 fully saturated rings. The average Bonchev–Trinajstić information content (AvgIpc) is 2.68. The van der Waals surface area contributed by atoms with Crippen LogP contribution in [0.15, 0.2) is 30.3 Å². The Labute approximate surface area is 167 Å². The lowest BCUT2D eigenvalue weighted by atomic mass is 9.94. The van der Waals surface area contributed by atoms with Crippen molar-refractivity contribution in [2.45, 2.75) is 32.2 Å². The monoisotopic (exact) mass is 395 g/mol. The number of para-hydroxylation sites is 1. The highest BCUT2D eigenvalue weighted by atomic mass is 35.5. The van der Waals surface area contributed by atoms with Crippen molar-refractivity contribution in [3.63, 3.8) is 0 Å². The molecular weight excluding hydrogens is 366 g/mol. The second-order valence-electron chi connectivity index (χ2n) is 7.21. The van der Waals surface area contributed by atoms with E-state index in [0.29, 0.717) is 32.2 Å². The average molecular weight is 396 g/mol. The summed E-state index contributed by atoms with van der Waals surface area (Å²) in [5.41, 5.74) is 0. The number of nitrogens with one attached hydrogen (secondary N) is 1. The molecule has 0 spiro atoms. The van der Waals surface area contributed by atoms with Gasteiger partial charge in [0.05, 0.1) is 13.0 Å². The van der Waals surface area contributed by atoms with Gasteiger partial charge in [-0.1, -0.05) is 18.2 Å². The number of piperidine rings is 1. The molecule has 1 aromatic rings. The summed E-state index contributed by atoms with van der Waals surface area (Å²) in [6.45, 7) is 6.28. The normalized spacial score (nSPS) is 20.7. The van der Waals surface area contributed by atoms with Crippen molar-refractivity contribution < 1.29 is 14.3 Å². The van der Waals surface area contributed by atoms with E-state index in [0.717, 1.165) is 38.2 Å². The van der Waals surface area contributed by atoms with E-state index < -0.39 is 0 Å². The Hall–Kier alpha value is -1.79. The lowest BCUT2D eigenvalue weighted by Crippen LogP contribution is -2.54. The molecule has 6 nitrogen and oxygen atoms in total. The standard InChI is InChI=1S/C20H29N3O3.ClH/c1-16-15-23(13-10-21-16)20(25)17-7-11-22(12-8-17)19(24)9-14-26-18-5-3-2-4-6-18;/h2-6,16-17,21H,7-15H2,1H3;1H. The molecule has 2 amide bonds. The van der Waals surface area contributed by atoms with Gasteiger partial charge in [-0.2, -0.15) is 0 Å². The minimum atomic E-state index is 0. The number of amides is 2. The van der Waals surface area contributed by atoms with Gasteiger partial charge < -0.3 is 19.9 Å². The fourth-order valence-electron chi connectivity index (χ4n) is 3.70. The van der Waals surface area contributed by atoms with E-state index in [1.165, 1.54) is 0 Å². The molecule has 1 atom stereocenters. The predicted molar refractivity (Wildman–Crippen MR) is 107 cm³/mol. The third-order valence-electron chi connectivity index (χ3n) is 5.21. The molecule has 2 aliphatic heterocycles. The van der Waals surface area contributed by atoms with E-state index in [1.54, 1.807) is 0 Å².